The van der Waals surface area contributed by atoms with Crippen LogP contribution in [-0.4, -0.2) is 78.5 Å². The highest BCUT2D eigenvalue weighted by molar-refractivity contribution is 6.42. The molecule has 2 amide bonds. The highest BCUT2D eigenvalue weighted by atomic mass is 35.5. The van der Waals surface area contributed by atoms with Gasteiger partial charge in [0.15, 0.2) is 0 Å². The number of rotatable bonds is 3. The van der Waals surface area contributed by atoms with Crippen LogP contribution in [0.15, 0.2) is 18.2 Å². The maximum Gasteiger partial charge on any atom is 0.401 e. The van der Waals surface area contributed by atoms with Crippen molar-refractivity contribution in [1.29, 1.82) is 0 Å². The molecule has 0 spiro atoms. The summed E-state index contributed by atoms with van der Waals surface area (Å²) in [5, 5.41) is 0.653. The molecule has 30 heavy (non-hydrogen) atoms. The van der Waals surface area contributed by atoms with Crippen LogP contribution in [0.1, 0.15) is 29.6 Å². The standard InChI is InChI=1S/C20H24Cl2F3N3O2/c21-16-5-4-14(11-17(16)22)18(29)28-7-1-3-15(12-28)19(30)27-8-2-6-26(9-10-27)13-20(23,24)25/h4-5,11,15H,1-3,6-10,12-13H2. The first-order valence-electron chi connectivity index (χ1n) is 9.96. The van der Waals surface area contributed by atoms with Crippen molar-refractivity contribution in [2.24, 2.45) is 5.92 Å². The van der Waals surface area contributed by atoms with E-state index in [1.807, 2.05) is 0 Å². The van der Waals surface area contributed by atoms with Crippen LogP contribution in [0.4, 0.5) is 13.2 Å². The average Bonchev–Trinajstić information content (AvgIpc) is 2.93. The van der Waals surface area contributed by atoms with Crippen molar-refractivity contribution in [3.63, 3.8) is 0 Å². The van der Waals surface area contributed by atoms with Crippen LogP contribution in [0.2, 0.25) is 10.0 Å². The van der Waals surface area contributed by atoms with Gasteiger partial charge in [0.2, 0.25) is 5.91 Å². The molecular formula is C20H24Cl2F3N3O2. The number of halogens is 5. The van der Waals surface area contributed by atoms with Gasteiger partial charge in [0.05, 0.1) is 22.5 Å². The molecule has 1 unspecified atom stereocenters. The summed E-state index contributed by atoms with van der Waals surface area (Å²) < 4.78 is 37.9. The van der Waals surface area contributed by atoms with Gasteiger partial charge in [0.1, 0.15) is 0 Å². The Labute approximate surface area is 183 Å². The Bertz CT molecular complexity index is 791. The molecule has 1 atom stereocenters. The van der Waals surface area contributed by atoms with E-state index in [4.69, 9.17) is 23.2 Å². The molecule has 3 rings (SSSR count). The second kappa shape index (κ2) is 9.75. The Morgan fingerprint density at radius 1 is 0.967 bits per heavy atom. The minimum Gasteiger partial charge on any atom is -0.341 e. The van der Waals surface area contributed by atoms with Gasteiger partial charge in [0, 0.05) is 44.8 Å². The Hall–Kier alpha value is -1.51. The summed E-state index contributed by atoms with van der Waals surface area (Å²) in [6.45, 7) is 1.10. The lowest BCUT2D eigenvalue weighted by Gasteiger charge is -2.35. The third kappa shape index (κ3) is 6.02. The molecule has 1 aromatic carbocycles. The molecule has 1 aromatic rings. The van der Waals surface area contributed by atoms with Crippen LogP contribution in [-0.2, 0) is 4.79 Å². The average molecular weight is 466 g/mol. The SMILES string of the molecule is O=C(c1ccc(Cl)c(Cl)c1)N1CCCC(C(=O)N2CCCN(CC(F)(F)F)CC2)C1. The molecule has 0 aliphatic carbocycles. The lowest BCUT2D eigenvalue weighted by atomic mass is 9.95. The van der Waals surface area contributed by atoms with Gasteiger partial charge in [-0.25, -0.2) is 0 Å². The van der Waals surface area contributed by atoms with Gasteiger partial charge in [-0.2, -0.15) is 13.2 Å². The number of piperidine rings is 1. The third-order valence-electron chi connectivity index (χ3n) is 5.53. The van der Waals surface area contributed by atoms with Crippen molar-refractivity contribution in [2.75, 3.05) is 45.8 Å². The number of carbonyl (C=O) groups is 2. The van der Waals surface area contributed by atoms with E-state index < -0.39 is 12.7 Å². The van der Waals surface area contributed by atoms with Crippen LogP contribution >= 0.6 is 23.2 Å². The molecular weight excluding hydrogens is 442 g/mol. The predicted molar refractivity (Wildman–Crippen MR) is 109 cm³/mol. The van der Waals surface area contributed by atoms with Crippen molar-refractivity contribution in [1.82, 2.24) is 14.7 Å². The van der Waals surface area contributed by atoms with E-state index in [0.29, 0.717) is 61.1 Å². The Balaban J connectivity index is 1.60. The maximum absolute atomic E-state index is 13.0. The fourth-order valence-electron chi connectivity index (χ4n) is 4.04. The van der Waals surface area contributed by atoms with E-state index in [1.165, 1.54) is 11.0 Å². The van der Waals surface area contributed by atoms with E-state index >= 15 is 0 Å². The quantitative estimate of drug-likeness (QED) is 0.678. The molecule has 2 aliphatic heterocycles. The monoisotopic (exact) mass is 465 g/mol. The van der Waals surface area contributed by atoms with Gasteiger partial charge < -0.3 is 9.80 Å². The highest BCUT2D eigenvalue weighted by Gasteiger charge is 2.34. The Morgan fingerprint density at radius 3 is 2.40 bits per heavy atom. The molecule has 0 aromatic heterocycles. The zero-order valence-electron chi connectivity index (χ0n) is 16.4. The molecule has 2 heterocycles. The van der Waals surface area contributed by atoms with Crippen molar-refractivity contribution >= 4 is 35.0 Å². The van der Waals surface area contributed by atoms with Crippen LogP contribution < -0.4 is 0 Å². The van der Waals surface area contributed by atoms with Crippen molar-refractivity contribution in [3.8, 4) is 0 Å². The van der Waals surface area contributed by atoms with Crippen LogP contribution in [0.3, 0.4) is 0 Å². The minimum absolute atomic E-state index is 0.0875. The first-order valence-corrected chi connectivity index (χ1v) is 10.7. The lowest BCUT2D eigenvalue weighted by Crippen LogP contribution is -2.47. The fraction of sp³-hybridized carbons (Fsp3) is 0.600. The fourth-order valence-corrected chi connectivity index (χ4v) is 4.33. The summed E-state index contributed by atoms with van der Waals surface area (Å²) in [6, 6.07) is 4.68. The maximum atomic E-state index is 13.0. The van der Waals surface area contributed by atoms with E-state index in [0.717, 1.165) is 0 Å². The van der Waals surface area contributed by atoms with Crippen molar-refractivity contribution in [2.45, 2.75) is 25.4 Å². The van der Waals surface area contributed by atoms with Crippen LogP contribution in [0.5, 0.6) is 0 Å². The summed E-state index contributed by atoms with van der Waals surface area (Å²) >= 11 is 11.9. The molecule has 2 fully saturated rings. The van der Waals surface area contributed by atoms with Crippen LogP contribution in [0, 0.1) is 5.92 Å². The number of hydrogen-bond donors (Lipinski definition) is 0. The summed E-state index contributed by atoms with van der Waals surface area (Å²) in [5.74, 6) is -0.645. The van der Waals surface area contributed by atoms with E-state index in [-0.39, 0.29) is 30.8 Å². The molecule has 2 saturated heterocycles. The Morgan fingerprint density at radius 2 is 1.70 bits per heavy atom. The number of benzene rings is 1. The van der Waals surface area contributed by atoms with Gasteiger partial charge in [-0.1, -0.05) is 23.2 Å². The number of alkyl halides is 3. The molecule has 0 bridgehead atoms. The number of likely N-dealkylation sites (tertiary alicyclic amines) is 1. The van der Waals surface area contributed by atoms with Gasteiger partial charge in [-0.3, -0.25) is 14.5 Å². The first kappa shape index (κ1) is 23.2. The normalized spacial score (nSPS) is 21.4. The zero-order valence-corrected chi connectivity index (χ0v) is 17.9. The summed E-state index contributed by atoms with van der Waals surface area (Å²) in [4.78, 5) is 30.5. The van der Waals surface area contributed by atoms with E-state index in [2.05, 4.69) is 0 Å². The van der Waals surface area contributed by atoms with Crippen LogP contribution in [0.25, 0.3) is 0 Å². The molecule has 0 saturated carbocycles. The lowest BCUT2D eigenvalue weighted by molar-refractivity contribution is -0.145. The van der Waals surface area contributed by atoms with Crippen molar-refractivity contribution < 1.29 is 22.8 Å². The van der Waals surface area contributed by atoms with E-state index in [1.54, 1.807) is 21.9 Å². The second-order valence-electron chi connectivity index (χ2n) is 7.79. The van der Waals surface area contributed by atoms with Gasteiger partial charge in [0.25, 0.3) is 5.91 Å². The summed E-state index contributed by atoms with van der Waals surface area (Å²) in [7, 11) is 0. The summed E-state index contributed by atoms with van der Waals surface area (Å²) in [5.41, 5.74) is 0.412. The molecule has 10 heteroatoms. The predicted octanol–water partition coefficient (Wildman–Crippen LogP) is 3.94. The molecule has 0 radical (unpaired) electrons. The number of carbonyl (C=O) groups excluding carboxylic acids is 2. The van der Waals surface area contributed by atoms with Gasteiger partial charge in [-0.15, -0.1) is 0 Å². The van der Waals surface area contributed by atoms with Gasteiger partial charge in [-0.05, 0) is 37.5 Å². The topological polar surface area (TPSA) is 43.9 Å². The van der Waals surface area contributed by atoms with E-state index in [9.17, 15) is 22.8 Å². The second-order valence-corrected chi connectivity index (χ2v) is 8.60. The third-order valence-corrected chi connectivity index (χ3v) is 6.27. The summed E-state index contributed by atoms with van der Waals surface area (Å²) in [6.07, 6.45) is -2.39. The molecule has 5 nitrogen and oxygen atoms in total. The number of nitrogens with zero attached hydrogens (tertiary/aromatic N) is 3. The molecule has 0 N–H and O–H groups in total. The first-order chi connectivity index (χ1) is 14.1. The van der Waals surface area contributed by atoms with Gasteiger partial charge >= 0.3 is 6.18 Å². The smallest absolute Gasteiger partial charge is 0.341 e. The van der Waals surface area contributed by atoms with Crippen molar-refractivity contribution in [3.05, 3.63) is 33.8 Å². The number of amides is 2. The Kier molecular flexibility index (Phi) is 7.52. The zero-order chi connectivity index (χ0) is 21.9. The molecule has 2 aliphatic rings. The number of hydrogen-bond acceptors (Lipinski definition) is 3. The molecule has 166 valence electrons. The largest absolute Gasteiger partial charge is 0.401 e. The highest BCUT2D eigenvalue weighted by Crippen LogP contribution is 2.26. The minimum atomic E-state index is -4.24.